The number of nitrogen functional groups attached to an aromatic ring is 1. The Labute approximate surface area is 135 Å². The summed E-state index contributed by atoms with van der Waals surface area (Å²) < 4.78 is 33.5. The first kappa shape index (κ1) is 16.2. The Hall–Kier alpha value is -0.150. The normalized spacial score (nSPS) is 24.8. The van der Waals surface area contributed by atoms with Crippen LogP contribution >= 0.6 is 31.9 Å². The highest BCUT2D eigenvalue weighted by atomic mass is 79.9. The number of ether oxygens (including phenoxy) is 1. The van der Waals surface area contributed by atoms with Crippen molar-refractivity contribution in [1.29, 1.82) is 0 Å². The van der Waals surface area contributed by atoms with Crippen LogP contribution in [-0.2, 0) is 14.8 Å². The van der Waals surface area contributed by atoms with Crippen LogP contribution in [0.2, 0.25) is 0 Å². The lowest BCUT2D eigenvalue weighted by Crippen LogP contribution is -2.48. The topological polar surface area (TPSA) is 72.6 Å². The number of morpholine rings is 1. The first-order valence-electron chi connectivity index (χ1n) is 6.12. The highest BCUT2D eigenvalue weighted by Gasteiger charge is 2.34. The second-order valence-electron chi connectivity index (χ2n) is 4.89. The molecule has 1 aliphatic heterocycles. The lowest BCUT2D eigenvalue weighted by atomic mass is 10.3. The molecule has 2 N–H and O–H groups in total. The van der Waals surface area contributed by atoms with E-state index in [9.17, 15) is 8.42 Å². The van der Waals surface area contributed by atoms with Gasteiger partial charge in [0.1, 0.15) is 4.90 Å². The molecule has 1 fully saturated rings. The molecule has 5 nitrogen and oxygen atoms in total. The summed E-state index contributed by atoms with van der Waals surface area (Å²) in [5, 5.41) is 0. The molecule has 2 rings (SSSR count). The van der Waals surface area contributed by atoms with Crippen molar-refractivity contribution in [2.24, 2.45) is 0 Å². The fraction of sp³-hybridized carbons (Fsp3) is 0.500. The Morgan fingerprint density at radius 2 is 1.65 bits per heavy atom. The predicted octanol–water partition coefficient (Wildman–Crippen LogP) is 2.59. The van der Waals surface area contributed by atoms with Gasteiger partial charge in [0.05, 0.1) is 12.2 Å². The van der Waals surface area contributed by atoms with Crippen LogP contribution in [0.15, 0.2) is 26.0 Å². The number of halogens is 2. The average Bonchev–Trinajstić information content (AvgIpc) is 2.25. The molecule has 112 valence electrons. The molecule has 1 aliphatic rings. The molecule has 1 aromatic carbocycles. The second-order valence-corrected chi connectivity index (χ2v) is 8.48. The van der Waals surface area contributed by atoms with Crippen molar-refractivity contribution in [3.05, 3.63) is 21.1 Å². The van der Waals surface area contributed by atoms with Gasteiger partial charge in [-0.2, -0.15) is 4.31 Å². The summed E-state index contributed by atoms with van der Waals surface area (Å²) in [6, 6.07) is 3.18. The number of benzene rings is 1. The molecule has 1 heterocycles. The van der Waals surface area contributed by atoms with E-state index < -0.39 is 10.0 Å². The molecule has 0 aromatic heterocycles. The summed E-state index contributed by atoms with van der Waals surface area (Å²) in [4.78, 5) is 0.202. The number of hydrogen-bond acceptors (Lipinski definition) is 4. The molecule has 2 atom stereocenters. The van der Waals surface area contributed by atoms with Gasteiger partial charge in [-0.1, -0.05) is 0 Å². The fourth-order valence-corrected chi connectivity index (χ4v) is 6.41. The van der Waals surface area contributed by atoms with Gasteiger partial charge in [0.25, 0.3) is 0 Å². The van der Waals surface area contributed by atoms with E-state index in [1.54, 1.807) is 12.1 Å². The van der Waals surface area contributed by atoms with Gasteiger partial charge in [-0.3, -0.25) is 0 Å². The van der Waals surface area contributed by atoms with E-state index in [1.807, 2.05) is 13.8 Å². The van der Waals surface area contributed by atoms with Crippen LogP contribution in [-0.4, -0.2) is 38.0 Å². The van der Waals surface area contributed by atoms with Crippen LogP contribution < -0.4 is 5.73 Å². The van der Waals surface area contributed by atoms with E-state index in [0.717, 1.165) is 0 Å². The Balaban J connectivity index is 2.45. The molecule has 0 amide bonds. The minimum atomic E-state index is -3.60. The molecule has 1 saturated heterocycles. The third kappa shape index (κ3) is 3.19. The third-order valence-electron chi connectivity index (χ3n) is 3.00. The van der Waals surface area contributed by atoms with E-state index in [1.165, 1.54) is 4.31 Å². The van der Waals surface area contributed by atoms with Crippen LogP contribution in [0.3, 0.4) is 0 Å². The predicted molar refractivity (Wildman–Crippen MR) is 85.0 cm³/mol. The molecule has 20 heavy (non-hydrogen) atoms. The maximum Gasteiger partial charge on any atom is 0.245 e. The van der Waals surface area contributed by atoms with Gasteiger partial charge in [0.15, 0.2) is 0 Å². The van der Waals surface area contributed by atoms with Gasteiger partial charge in [0, 0.05) is 27.7 Å². The first-order chi connectivity index (χ1) is 9.21. The molecule has 0 radical (unpaired) electrons. The SMILES string of the molecule is CC1CN(S(=O)(=O)c2c(Br)cc(N)cc2Br)CC(C)O1. The van der Waals surface area contributed by atoms with Crippen molar-refractivity contribution >= 4 is 47.6 Å². The van der Waals surface area contributed by atoms with Crippen molar-refractivity contribution in [3.8, 4) is 0 Å². The zero-order valence-corrected chi connectivity index (χ0v) is 15.1. The van der Waals surface area contributed by atoms with E-state index in [0.29, 0.717) is 27.7 Å². The Morgan fingerprint density at radius 3 is 2.10 bits per heavy atom. The van der Waals surface area contributed by atoms with Crippen LogP contribution in [0.25, 0.3) is 0 Å². The first-order valence-corrected chi connectivity index (χ1v) is 9.14. The molecule has 8 heteroatoms. The van der Waals surface area contributed by atoms with Crippen LogP contribution in [0.4, 0.5) is 5.69 Å². The standard InChI is InChI=1S/C12H16Br2N2O3S/c1-7-5-16(6-8(2)19-7)20(17,18)12-10(13)3-9(15)4-11(12)14/h3-4,7-8H,5-6,15H2,1-2H3. The molecule has 0 spiro atoms. The summed E-state index contributed by atoms with van der Waals surface area (Å²) in [6.07, 6.45) is -0.250. The number of rotatable bonds is 2. The number of anilines is 1. The summed E-state index contributed by atoms with van der Waals surface area (Å²) in [5.41, 5.74) is 6.20. The second kappa shape index (κ2) is 5.92. The monoisotopic (exact) mass is 426 g/mol. The highest BCUT2D eigenvalue weighted by Crippen LogP contribution is 2.35. The van der Waals surface area contributed by atoms with Crippen molar-refractivity contribution < 1.29 is 13.2 Å². The zero-order valence-electron chi connectivity index (χ0n) is 11.1. The minimum Gasteiger partial charge on any atom is -0.399 e. The van der Waals surface area contributed by atoms with Gasteiger partial charge < -0.3 is 10.5 Å². The lowest BCUT2D eigenvalue weighted by molar-refractivity contribution is -0.0441. The molecular formula is C12H16Br2N2O3S. The summed E-state index contributed by atoms with van der Waals surface area (Å²) in [6.45, 7) is 4.42. The van der Waals surface area contributed by atoms with Crippen LogP contribution in [0, 0.1) is 0 Å². The Bertz CT molecular complexity index is 588. The van der Waals surface area contributed by atoms with Gasteiger partial charge in [-0.05, 0) is 57.8 Å². The van der Waals surface area contributed by atoms with Gasteiger partial charge >= 0.3 is 0 Å². The van der Waals surface area contributed by atoms with E-state index >= 15 is 0 Å². The molecule has 0 saturated carbocycles. The van der Waals surface area contributed by atoms with Crippen LogP contribution in [0.5, 0.6) is 0 Å². The average molecular weight is 428 g/mol. The number of hydrogen-bond donors (Lipinski definition) is 1. The van der Waals surface area contributed by atoms with E-state index in [2.05, 4.69) is 31.9 Å². The van der Waals surface area contributed by atoms with Crippen molar-refractivity contribution in [1.82, 2.24) is 4.31 Å². The number of sulfonamides is 1. The smallest absolute Gasteiger partial charge is 0.245 e. The summed E-state index contributed by atoms with van der Waals surface area (Å²) in [5.74, 6) is 0. The molecule has 2 unspecified atom stereocenters. The molecule has 0 aliphatic carbocycles. The van der Waals surface area contributed by atoms with Crippen molar-refractivity contribution in [2.75, 3.05) is 18.8 Å². The van der Waals surface area contributed by atoms with Gasteiger partial charge in [0.2, 0.25) is 10.0 Å². The summed E-state index contributed by atoms with van der Waals surface area (Å²) >= 11 is 6.57. The fourth-order valence-electron chi connectivity index (χ4n) is 2.28. The van der Waals surface area contributed by atoms with Crippen molar-refractivity contribution in [3.63, 3.8) is 0 Å². The zero-order chi connectivity index (χ0) is 15.1. The lowest BCUT2D eigenvalue weighted by Gasteiger charge is -2.34. The number of nitrogens with two attached hydrogens (primary N) is 1. The highest BCUT2D eigenvalue weighted by molar-refractivity contribution is 9.11. The summed E-state index contributed by atoms with van der Waals surface area (Å²) in [7, 11) is -3.60. The molecular weight excluding hydrogens is 412 g/mol. The largest absolute Gasteiger partial charge is 0.399 e. The van der Waals surface area contributed by atoms with Gasteiger partial charge in [-0.25, -0.2) is 8.42 Å². The van der Waals surface area contributed by atoms with Crippen LogP contribution in [0.1, 0.15) is 13.8 Å². The van der Waals surface area contributed by atoms with E-state index in [-0.39, 0.29) is 17.1 Å². The minimum absolute atomic E-state index is 0.125. The number of nitrogens with zero attached hydrogens (tertiary/aromatic N) is 1. The quantitative estimate of drug-likeness (QED) is 0.736. The van der Waals surface area contributed by atoms with Gasteiger partial charge in [-0.15, -0.1) is 0 Å². The molecule has 0 bridgehead atoms. The maximum atomic E-state index is 12.8. The third-order valence-corrected chi connectivity index (χ3v) is 6.71. The maximum absolute atomic E-state index is 12.8. The van der Waals surface area contributed by atoms with Crippen molar-refractivity contribution in [2.45, 2.75) is 31.0 Å². The van der Waals surface area contributed by atoms with E-state index in [4.69, 9.17) is 10.5 Å². The Morgan fingerprint density at radius 1 is 1.20 bits per heavy atom. The Kier molecular flexibility index (Phi) is 4.80. The molecule has 1 aromatic rings.